The van der Waals surface area contributed by atoms with Crippen LogP contribution in [0.3, 0.4) is 0 Å². The maximum atomic E-state index is 13.3. The van der Waals surface area contributed by atoms with Crippen LogP contribution in [0, 0.1) is 18.7 Å². The highest BCUT2D eigenvalue weighted by Gasteiger charge is 2.19. The van der Waals surface area contributed by atoms with Crippen LogP contribution in [0.15, 0.2) is 16.6 Å². The lowest BCUT2D eigenvalue weighted by atomic mass is 9.87. The molecule has 0 saturated heterocycles. The fourth-order valence-corrected chi connectivity index (χ4v) is 2.93. The number of benzene rings is 1. The van der Waals surface area contributed by atoms with Crippen molar-refractivity contribution < 1.29 is 4.39 Å². The topological polar surface area (TPSA) is 12.0 Å². The summed E-state index contributed by atoms with van der Waals surface area (Å²) in [5, 5.41) is 3.55. The average Bonchev–Trinajstić information content (AvgIpc) is 2.26. The van der Waals surface area contributed by atoms with Gasteiger partial charge in [0.25, 0.3) is 0 Å². The van der Waals surface area contributed by atoms with Crippen LogP contribution in [0.2, 0.25) is 0 Å². The van der Waals surface area contributed by atoms with Gasteiger partial charge in [0.05, 0.1) is 4.47 Å². The summed E-state index contributed by atoms with van der Waals surface area (Å²) in [4.78, 5) is 0. The molecule has 1 aromatic rings. The zero-order valence-electron chi connectivity index (χ0n) is 10.4. The zero-order chi connectivity index (χ0) is 12.4. The molecule has 0 aromatic heterocycles. The van der Waals surface area contributed by atoms with Gasteiger partial charge >= 0.3 is 0 Å². The summed E-state index contributed by atoms with van der Waals surface area (Å²) in [5.41, 5.74) is 2.03. The van der Waals surface area contributed by atoms with Crippen molar-refractivity contribution in [3.63, 3.8) is 0 Å². The van der Waals surface area contributed by atoms with E-state index in [0.717, 1.165) is 17.2 Å². The molecule has 3 heteroatoms. The SMILES string of the molecule is Cc1cc(F)c(Br)cc1NC1CCCC(C)C1. The predicted octanol–water partition coefficient (Wildman–Crippen LogP) is 4.89. The van der Waals surface area contributed by atoms with Gasteiger partial charge in [0, 0.05) is 11.7 Å². The Morgan fingerprint density at radius 3 is 2.82 bits per heavy atom. The molecule has 0 bridgehead atoms. The summed E-state index contributed by atoms with van der Waals surface area (Å²) < 4.78 is 13.9. The third-order valence-corrected chi connectivity index (χ3v) is 4.17. The van der Waals surface area contributed by atoms with Gasteiger partial charge in [-0.3, -0.25) is 0 Å². The first-order chi connectivity index (χ1) is 8.06. The number of halogens is 2. The summed E-state index contributed by atoms with van der Waals surface area (Å²) in [6.45, 7) is 4.26. The van der Waals surface area contributed by atoms with Crippen LogP contribution < -0.4 is 5.32 Å². The molecule has 2 rings (SSSR count). The summed E-state index contributed by atoms with van der Waals surface area (Å²) in [6, 6.07) is 3.97. The maximum Gasteiger partial charge on any atom is 0.137 e. The van der Waals surface area contributed by atoms with Crippen molar-refractivity contribution in [3.8, 4) is 0 Å². The molecule has 0 spiro atoms. The molecular formula is C14H19BrFN. The first-order valence-corrected chi connectivity index (χ1v) is 7.07. The molecule has 0 aliphatic heterocycles. The molecule has 0 radical (unpaired) electrons. The smallest absolute Gasteiger partial charge is 0.137 e. The molecule has 1 fully saturated rings. The third-order valence-electron chi connectivity index (χ3n) is 3.56. The Morgan fingerprint density at radius 1 is 1.35 bits per heavy atom. The van der Waals surface area contributed by atoms with Crippen molar-refractivity contribution in [1.29, 1.82) is 0 Å². The van der Waals surface area contributed by atoms with E-state index in [0.29, 0.717) is 10.5 Å². The molecule has 1 saturated carbocycles. The molecule has 1 aliphatic rings. The molecule has 1 N–H and O–H groups in total. The van der Waals surface area contributed by atoms with Crippen molar-refractivity contribution in [3.05, 3.63) is 28.0 Å². The van der Waals surface area contributed by atoms with Gasteiger partial charge < -0.3 is 5.32 Å². The van der Waals surface area contributed by atoms with Crippen LogP contribution in [0.4, 0.5) is 10.1 Å². The highest BCUT2D eigenvalue weighted by atomic mass is 79.9. The third kappa shape index (κ3) is 3.21. The zero-order valence-corrected chi connectivity index (χ0v) is 12.0. The highest BCUT2D eigenvalue weighted by Crippen LogP contribution is 2.29. The number of hydrogen-bond acceptors (Lipinski definition) is 1. The second-order valence-corrected chi connectivity index (χ2v) is 6.05. The van der Waals surface area contributed by atoms with Gasteiger partial charge in [0.2, 0.25) is 0 Å². The van der Waals surface area contributed by atoms with E-state index in [4.69, 9.17) is 0 Å². The molecule has 2 atom stereocenters. The summed E-state index contributed by atoms with van der Waals surface area (Å²) in [6.07, 6.45) is 5.07. The second kappa shape index (κ2) is 5.38. The second-order valence-electron chi connectivity index (χ2n) is 5.19. The van der Waals surface area contributed by atoms with E-state index >= 15 is 0 Å². The Morgan fingerprint density at radius 2 is 2.12 bits per heavy atom. The fraction of sp³-hybridized carbons (Fsp3) is 0.571. The van der Waals surface area contributed by atoms with Crippen LogP contribution >= 0.6 is 15.9 Å². The first kappa shape index (κ1) is 12.9. The van der Waals surface area contributed by atoms with Gasteiger partial charge in [-0.15, -0.1) is 0 Å². The minimum absolute atomic E-state index is 0.190. The van der Waals surface area contributed by atoms with Gasteiger partial charge in [-0.05, 0) is 59.3 Å². The van der Waals surface area contributed by atoms with Crippen LogP contribution in [-0.2, 0) is 0 Å². The van der Waals surface area contributed by atoms with E-state index in [1.807, 2.05) is 13.0 Å². The monoisotopic (exact) mass is 299 g/mol. The largest absolute Gasteiger partial charge is 0.382 e. The van der Waals surface area contributed by atoms with E-state index in [1.54, 1.807) is 6.07 Å². The Labute approximate surface area is 111 Å². The molecule has 1 nitrogen and oxygen atoms in total. The van der Waals surface area contributed by atoms with Crippen LogP contribution in [0.1, 0.15) is 38.2 Å². The van der Waals surface area contributed by atoms with Gasteiger partial charge in [0.1, 0.15) is 5.82 Å². The van der Waals surface area contributed by atoms with Gasteiger partial charge in [-0.25, -0.2) is 4.39 Å². The van der Waals surface area contributed by atoms with Gasteiger partial charge in [-0.2, -0.15) is 0 Å². The van der Waals surface area contributed by atoms with Crippen LogP contribution in [0.5, 0.6) is 0 Å². The molecule has 1 aliphatic carbocycles. The first-order valence-electron chi connectivity index (χ1n) is 6.28. The standard InChI is InChI=1S/C14H19BrFN/c1-9-4-3-5-11(6-9)17-14-8-12(15)13(16)7-10(14)2/h7-9,11,17H,3-6H2,1-2H3. The molecular weight excluding hydrogens is 281 g/mol. The van der Waals surface area contributed by atoms with E-state index in [2.05, 4.69) is 28.2 Å². The Kier molecular flexibility index (Phi) is 4.08. The maximum absolute atomic E-state index is 13.3. The number of hydrogen-bond donors (Lipinski definition) is 1. The minimum atomic E-state index is -0.190. The van der Waals surface area contributed by atoms with E-state index in [1.165, 1.54) is 25.7 Å². The number of rotatable bonds is 2. The molecule has 0 heterocycles. The van der Waals surface area contributed by atoms with Crippen LogP contribution in [0.25, 0.3) is 0 Å². The number of anilines is 1. The normalized spacial score (nSPS) is 24.7. The number of aryl methyl sites for hydroxylation is 1. The number of nitrogens with one attached hydrogen (secondary N) is 1. The highest BCUT2D eigenvalue weighted by molar-refractivity contribution is 9.10. The van der Waals surface area contributed by atoms with Crippen molar-refractivity contribution in [2.24, 2.45) is 5.92 Å². The molecule has 94 valence electrons. The van der Waals surface area contributed by atoms with E-state index in [9.17, 15) is 4.39 Å². The van der Waals surface area contributed by atoms with Gasteiger partial charge in [0.15, 0.2) is 0 Å². The summed E-state index contributed by atoms with van der Waals surface area (Å²) in [5.74, 6) is 0.607. The molecule has 1 aromatic carbocycles. The Balaban J connectivity index is 2.10. The van der Waals surface area contributed by atoms with Crippen LogP contribution in [-0.4, -0.2) is 6.04 Å². The van der Waals surface area contributed by atoms with E-state index in [-0.39, 0.29) is 5.82 Å². The van der Waals surface area contributed by atoms with Crippen molar-refractivity contribution >= 4 is 21.6 Å². The molecule has 17 heavy (non-hydrogen) atoms. The fourth-order valence-electron chi connectivity index (χ4n) is 2.59. The van der Waals surface area contributed by atoms with Crippen molar-refractivity contribution in [1.82, 2.24) is 0 Å². The Hall–Kier alpha value is -0.570. The Bertz CT molecular complexity index is 405. The molecule has 2 unspecified atom stereocenters. The quantitative estimate of drug-likeness (QED) is 0.820. The lowest BCUT2D eigenvalue weighted by Crippen LogP contribution is -2.26. The van der Waals surface area contributed by atoms with E-state index < -0.39 is 0 Å². The minimum Gasteiger partial charge on any atom is -0.382 e. The predicted molar refractivity (Wildman–Crippen MR) is 73.9 cm³/mol. The lowest BCUT2D eigenvalue weighted by Gasteiger charge is -2.29. The van der Waals surface area contributed by atoms with Gasteiger partial charge in [-0.1, -0.05) is 19.8 Å². The van der Waals surface area contributed by atoms with Crippen molar-refractivity contribution in [2.75, 3.05) is 5.32 Å². The summed E-state index contributed by atoms with van der Waals surface area (Å²) in [7, 11) is 0. The lowest BCUT2D eigenvalue weighted by molar-refractivity contribution is 0.358. The average molecular weight is 300 g/mol. The van der Waals surface area contributed by atoms with Crippen molar-refractivity contribution in [2.45, 2.75) is 45.6 Å². The molecule has 0 amide bonds. The summed E-state index contributed by atoms with van der Waals surface area (Å²) >= 11 is 3.24.